The Morgan fingerprint density at radius 3 is 2.91 bits per heavy atom. The number of hydrogen-bond donors (Lipinski definition) is 0. The summed E-state index contributed by atoms with van der Waals surface area (Å²) >= 11 is 0. The molecule has 1 fully saturated rings. The number of rotatable bonds is 4. The molecule has 6 heteroatoms. The van der Waals surface area contributed by atoms with Crippen LogP contribution in [0, 0.1) is 12.3 Å². The first-order valence-corrected chi connectivity index (χ1v) is 8.06. The summed E-state index contributed by atoms with van der Waals surface area (Å²) < 4.78 is 7.43. The van der Waals surface area contributed by atoms with Gasteiger partial charge in [-0.3, -0.25) is 4.79 Å². The van der Waals surface area contributed by atoms with Crippen molar-refractivity contribution < 1.29 is 9.53 Å². The van der Waals surface area contributed by atoms with Crippen molar-refractivity contribution in [2.45, 2.75) is 46.3 Å². The zero-order valence-corrected chi connectivity index (χ0v) is 14.4. The molecule has 2 unspecified atom stereocenters. The minimum absolute atomic E-state index is 0.0239. The van der Waals surface area contributed by atoms with E-state index in [0.29, 0.717) is 23.5 Å². The number of amides is 1. The van der Waals surface area contributed by atoms with E-state index in [1.54, 1.807) is 16.8 Å². The predicted octanol–water partition coefficient (Wildman–Crippen LogP) is 2.31. The molecule has 6 nitrogen and oxygen atoms in total. The fourth-order valence-electron chi connectivity index (χ4n) is 3.57. The normalized spacial score (nSPS) is 22.8. The molecule has 2 aromatic rings. The number of fused-ring (bicyclic) bond motifs is 1. The maximum absolute atomic E-state index is 13.0. The lowest BCUT2D eigenvalue weighted by molar-refractivity contribution is -0.136. The van der Waals surface area contributed by atoms with Gasteiger partial charge in [-0.1, -0.05) is 13.8 Å². The van der Waals surface area contributed by atoms with Gasteiger partial charge in [0.2, 0.25) is 0 Å². The van der Waals surface area contributed by atoms with Gasteiger partial charge >= 0.3 is 0 Å². The minimum atomic E-state index is -0.0509. The highest BCUT2D eigenvalue weighted by atomic mass is 16.5. The average Bonchev–Trinajstić information content (AvgIpc) is 2.85. The third-order valence-electron chi connectivity index (χ3n) is 5.07. The Labute approximate surface area is 136 Å². The molecule has 0 spiro atoms. The Kier molecular flexibility index (Phi) is 3.88. The van der Waals surface area contributed by atoms with E-state index in [9.17, 15) is 4.79 Å². The quantitative estimate of drug-likeness (QED) is 0.868. The zero-order chi connectivity index (χ0) is 16.8. The second-order valence-corrected chi connectivity index (χ2v) is 6.78. The number of carbonyl (C=O) groups is 1. The fraction of sp³-hybridized carbons (Fsp3) is 0.588. The Bertz CT molecular complexity index is 737. The molecule has 1 aliphatic carbocycles. The first kappa shape index (κ1) is 15.9. The standard InChI is InChI=1S/C17H24N4O2/c1-6-23-13-10-12(17(13,3)4)20(5)16(22)14-11(2)19-21-9-7-8-18-15(14)21/h7-9,12-13H,6,10H2,1-5H3. The number of nitrogens with zero attached hydrogens (tertiary/aromatic N) is 4. The van der Waals surface area contributed by atoms with Crippen molar-refractivity contribution in [1.29, 1.82) is 0 Å². The van der Waals surface area contributed by atoms with Gasteiger partial charge < -0.3 is 9.64 Å². The van der Waals surface area contributed by atoms with Crippen LogP contribution in [0.1, 0.15) is 43.2 Å². The summed E-state index contributed by atoms with van der Waals surface area (Å²) in [6, 6.07) is 1.96. The summed E-state index contributed by atoms with van der Waals surface area (Å²) in [5.74, 6) is -0.0239. The molecule has 0 aromatic carbocycles. The van der Waals surface area contributed by atoms with Gasteiger partial charge in [0.25, 0.3) is 5.91 Å². The number of carbonyl (C=O) groups excluding carboxylic acids is 1. The smallest absolute Gasteiger partial charge is 0.259 e. The van der Waals surface area contributed by atoms with E-state index in [1.807, 2.05) is 32.0 Å². The van der Waals surface area contributed by atoms with Crippen LogP contribution in [-0.2, 0) is 4.74 Å². The topological polar surface area (TPSA) is 59.7 Å². The summed E-state index contributed by atoms with van der Waals surface area (Å²) in [5.41, 5.74) is 1.85. The second-order valence-electron chi connectivity index (χ2n) is 6.78. The monoisotopic (exact) mass is 316 g/mol. The summed E-state index contributed by atoms with van der Waals surface area (Å²) in [6.07, 6.45) is 4.57. The van der Waals surface area contributed by atoms with Crippen LogP contribution in [0.2, 0.25) is 0 Å². The highest BCUT2D eigenvalue weighted by molar-refractivity contribution is 6.01. The molecule has 2 heterocycles. The maximum Gasteiger partial charge on any atom is 0.259 e. The first-order valence-electron chi connectivity index (χ1n) is 8.06. The average molecular weight is 316 g/mol. The van der Waals surface area contributed by atoms with Gasteiger partial charge in [0.15, 0.2) is 5.65 Å². The Balaban J connectivity index is 1.87. The molecular formula is C17H24N4O2. The van der Waals surface area contributed by atoms with Crippen LogP contribution in [0.3, 0.4) is 0 Å². The van der Waals surface area contributed by atoms with Crippen LogP contribution >= 0.6 is 0 Å². The summed E-state index contributed by atoms with van der Waals surface area (Å²) in [4.78, 5) is 19.2. The van der Waals surface area contributed by atoms with Crippen molar-refractivity contribution in [2.24, 2.45) is 5.41 Å². The van der Waals surface area contributed by atoms with E-state index >= 15 is 0 Å². The van der Waals surface area contributed by atoms with Crippen LogP contribution in [0.5, 0.6) is 0 Å². The van der Waals surface area contributed by atoms with Crippen LogP contribution < -0.4 is 0 Å². The number of ether oxygens (including phenoxy) is 1. The molecule has 2 atom stereocenters. The van der Waals surface area contributed by atoms with E-state index in [1.165, 1.54) is 0 Å². The van der Waals surface area contributed by atoms with Gasteiger partial charge in [-0.05, 0) is 26.3 Å². The van der Waals surface area contributed by atoms with E-state index in [0.717, 1.165) is 6.42 Å². The molecule has 1 aliphatic rings. The van der Waals surface area contributed by atoms with Crippen molar-refractivity contribution in [3.63, 3.8) is 0 Å². The molecule has 124 valence electrons. The predicted molar refractivity (Wildman–Crippen MR) is 87.4 cm³/mol. The van der Waals surface area contributed by atoms with Crippen LogP contribution in [0.15, 0.2) is 18.5 Å². The van der Waals surface area contributed by atoms with E-state index in [2.05, 4.69) is 23.9 Å². The van der Waals surface area contributed by atoms with E-state index in [4.69, 9.17) is 4.74 Å². The van der Waals surface area contributed by atoms with Gasteiger partial charge in [0.05, 0.1) is 11.8 Å². The van der Waals surface area contributed by atoms with Crippen molar-refractivity contribution >= 4 is 11.6 Å². The van der Waals surface area contributed by atoms with Crippen molar-refractivity contribution in [2.75, 3.05) is 13.7 Å². The van der Waals surface area contributed by atoms with Gasteiger partial charge in [0, 0.05) is 37.5 Å². The number of hydrogen-bond acceptors (Lipinski definition) is 4. The summed E-state index contributed by atoms with van der Waals surface area (Å²) in [5, 5.41) is 4.38. The van der Waals surface area contributed by atoms with E-state index in [-0.39, 0.29) is 23.5 Å². The highest BCUT2D eigenvalue weighted by Gasteiger charge is 2.52. The summed E-state index contributed by atoms with van der Waals surface area (Å²) in [7, 11) is 1.86. The molecule has 2 aromatic heterocycles. The molecule has 1 amide bonds. The maximum atomic E-state index is 13.0. The Hall–Kier alpha value is -1.95. The molecular weight excluding hydrogens is 292 g/mol. The molecule has 0 saturated heterocycles. The summed E-state index contributed by atoms with van der Waals surface area (Å²) in [6.45, 7) is 8.88. The van der Waals surface area contributed by atoms with Crippen LogP contribution in [0.4, 0.5) is 0 Å². The van der Waals surface area contributed by atoms with Gasteiger partial charge in [-0.15, -0.1) is 0 Å². The third-order valence-corrected chi connectivity index (χ3v) is 5.07. The van der Waals surface area contributed by atoms with Gasteiger partial charge in [-0.25, -0.2) is 9.50 Å². The Morgan fingerprint density at radius 1 is 1.52 bits per heavy atom. The van der Waals surface area contributed by atoms with Crippen LogP contribution in [-0.4, -0.2) is 51.2 Å². The lowest BCUT2D eigenvalue weighted by Gasteiger charge is -2.54. The lowest BCUT2D eigenvalue weighted by atomic mass is 9.63. The zero-order valence-electron chi connectivity index (χ0n) is 14.4. The SMILES string of the molecule is CCOC1CC(N(C)C(=O)c2c(C)nn3cccnc23)C1(C)C. The Morgan fingerprint density at radius 2 is 2.26 bits per heavy atom. The highest BCUT2D eigenvalue weighted by Crippen LogP contribution is 2.45. The molecule has 1 saturated carbocycles. The second kappa shape index (κ2) is 5.60. The largest absolute Gasteiger partial charge is 0.378 e. The fourth-order valence-corrected chi connectivity index (χ4v) is 3.57. The van der Waals surface area contributed by atoms with Crippen molar-refractivity contribution in [3.8, 4) is 0 Å². The van der Waals surface area contributed by atoms with Crippen molar-refractivity contribution in [3.05, 3.63) is 29.7 Å². The first-order chi connectivity index (χ1) is 10.9. The molecule has 3 rings (SSSR count). The number of aromatic nitrogens is 3. The minimum Gasteiger partial charge on any atom is -0.378 e. The molecule has 23 heavy (non-hydrogen) atoms. The molecule has 0 radical (unpaired) electrons. The molecule has 0 aliphatic heterocycles. The van der Waals surface area contributed by atoms with Crippen LogP contribution in [0.25, 0.3) is 5.65 Å². The van der Waals surface area contributed by atoms with E-state index < -0.39 is 0 Å². The van der Waals surface area contributed by atoms with Gasteiger partial charge in [-0.2, -0.15) is 5.10 Å². The third kappa shape index (κ3) is 2.41. The molecule has 0 bridgehead atoms. The lowest BCUT2D eigenvalue weighted by Crippen LogP contribution is -2.62. The molecule has 0 N–H and O–H groups in total. The number of aryl methyl sites for hydroxylation is 1. The van der Waals surface area contributed by atoms with Gasteiger partial charge in [0.1, 0.15) is 5.56 Å². The van der Waals surface area contributed by atoms with Crippen molar-refractivity contribution in [1.82, 2.24) is 19.5 Å².